The molecule has 0 spiro atoms. The number of nitrogen functional groups attached to an aromatic ring is 1. The van der Waals surface area contributed by atoms with Gasteiger partial charge in [0.1, 0.15) is 11.6 Å². The lowest BCUT2D eigenvalue weighted by atomic mass is 10.0. The van der Waals surface area contributed by atoms with E-state index in [-0.39, 0.29) is 23.4 Å². The second kappa shape index (κ2) is 7.26. The van der Waals surface area contributed by atoms with Gasteiger partial charge in [0, 0.05) is 11.1 Å². The minimum atomic E-state index is -0.638. The van der Waals surface area contributed by atoms with Gasteiger partial charge in [0.2, 0.25) is 0 Å². The third-order valence-electron chi connectivity index (χ3n) is 4.39. The zero-order chi connectivity index (χ0) is 20.5. The molecule has 0 aliphatic rings. The Morgan fingerprint density at radius 1 is 1.34 bits per heavy atom. The maximum atomic E-state index is 11.7. The van der Waals surface area contributed by atoms with Gasteiger partial charge in [-0.1, -0.05) is 41.9 Å². The first kappa shape index (κ1) is 18.5. The van der Waals surface area contributed by atoms with E-state index in [1.165, 1.54) is 6.20 Å². The molecule has 0 saturated carbocycles. The van der Waals surface area contributed by atoms with Gasteiger partial charge >= 0.3 is 5.69 Å². The van der Waals surface area contributed by atoms with Crippen molar-refractivity contribution >= 4 is 34.6 Å². The van der Waals surface area contributed by atoms with Crippen LogP contribution in [0.1, 0.15) is 18.5 Å². The predicted molar refractivity (Wildman–Crippen MR) is 111 cm³/mol. The van der Waals surface area contributed by atoms with E-state index in [2.05, 4.69) is 30.2 Å². The lowest BCUT2D eigenvalue weighted by Crippen LogP contribution is -2.18. The van der Waals surface area contributed by atoms with E-state index < -0.39 is 5.69 Å². The molecule has 0 amide bonds. The van der Waals surface area contributed by atoms with Crippen molar-refractivity contribution in [1.29, 1.82) is 0 Å². The van der Waals surface area contributed by atoms with Crippen LogP contribution in [0.15, 0.2) is 47.4 Å². The maximum Gasteiger partial charge on any atom is 0.346 e. The number of nitrogens with one attached hydrogen (secondary N) is 2. The third-order valence-corrected chi connectivity index (χ3v) is 4.65. The van der Waals surface area contributed by atoms with Crippen molar-refractivity contribution in [3.8, 4) is 11.3 Å². The SMILES string of the molecule is [C-]#[N+]c1c(N[C@@H](C)c2cc3ncc(Cl)n3nc2-c2ccccc2)nc(=O)[nH]c1N. The van der Waals surface area contributed by atoms with Crippen molar-refractivity contribution < 1.29 is 0 Å². The second-order valence-corrected chi connectivity index (χ2v) is 6.68. The van der Waals surface area contributed by atoms with Gasteiger partial charge in [-0.3, -0.25) is 0 Å². The van der Waals surface area contributed by atoms with Crippen molar-refractivity contribution in [2.45, 2.75) is 13.0 Å². The molecule has 1 atom stereocenters. The number of hydrogen-bond acceptors (Lipinski definition) is 6. The number of H-pyrrole nitrogens is 1. The van der Waals surface area contributed by atoms with E-state index in [9.17, 15) is 4.79 Å². The number of fused-ring (bicyclic) bond motifs is 1. The molecule has 4 N–H and O–H groups in total. The molecule has 0 radical (unpaired) electrons. The Hall–Kier alpha value is -3.90. The lowest BCUT2D eigenvalue weighted by Gasteiger charge is -2.19. The summed E-state index contributed by atoms with van der Waals surface area (Å²) >= 11 is 6.20. The standard InChI is InChI=1S/C19H15ClN8O/c1-10(24-18-16(22-2)17(21)25-19(29)26-18)12-8-14-23-9-13(20)28(14)27-15(12)11-6-4-3-5-7-11/h3-10H,1H3,(H4,21,24,25,26,29)/t10-/m0/s1. The molecule has 0 fully saturated rings. The van der Waals surface area contributed by atoms with E-state index in [1.807, 2.05) is 43.3 Å². The molecule has 0 aliphatic carbocycles. The summed E-state index contributed by atoms with van der Waals surface area (Å²) in [6, 6.07) is 11.1. The van der Waals surface area contributed by atoms with Crippen molar-refractivity contribution in [2.75, 3.05) is 11.1 Å². The minimum Gasteiger partial charge on any atom is -0.394 e. The molecule has 0 bridgehead atoms. The van der Waals surface area contributed by atoms with Crippen molar-refractivity contribution in [1.82, 2.24) is 24.6 Å². The molecule has 29 heavy (non-hydrogen) atoms. The summed E-state index contributed by atoms with van der Waals surface area (Å²) in [6.45, 7) is 9.21. The van der Waals surface area contributed by atoms with Crippen molar-refractivity contribution in [3.63, 3.8) is 0 Å². The van der Waals surface area contributed by atoms with Crippen LogP contribution >= 0.6 is 11.6 Å². The smallest absolute Gasteiger partial charge is 0.346 e. The number of benzene rings is 1. The lowest BCUT2D eigenvalue weighted by molar-refractivity contribution is 0.840. The number of nitrogens with zero attached hydrogens (tertiary/aromatic N) is 5. The summed E-state index contributed by atoms with van der Waals surface area (Å²) in [6.07, 6.45) is 1.52. The fourth-order valence-corrected chi connectivity index (χ4v) is 3.21. The Morgan fingerprint density at radius 3 is 2.83 bits per heavy atom. The molecular formula is C19H15ClN8O. The molecule has 0 aliphatic heterocycles. The molecule has 1 aromatic carbocycles. The summed E-state index contributed by atoms with van der Waals surface area (Å²) < 4.78 is 1.55. The quantitative estimate of drug-likeness (QED) is 0.447. The van der Waals surface area contributed by atoms with E-state index in [4.69, 9.17) is 23.9 Å². The average Bonchev–Trinajstić information content (AvgIpc) is 3.07. The number of halogens is 1. The fraction of sp³-hybridized carbons (Fsp3) is 0.105. The van der Waals surface area contributed by atoms with E-state index in [0.717, 1.165) is 11.1 Å². The zero-order valence-corrected chi connectivity index (χ0v) is 16.0. The molecule has 3 aromatic heterocycles. The van der Waals surface area contributed by atoms with Crippen molar-refractivity contribution in [3.05, 3.63) is 75.2 Å². The highest BCUT2D eigenvalue weighted by molar-refractivity contribution is 6.29. The number of rotatable bonds is 4. The Bertz CT molecular complexity index is 1310. The first-order valence-electron chi connectivity index (χ1n) is 8.61. The molecule has 4 aromatic rings. The Labute approximate surface area is 170 Å². The molecule has 10 heteroatoms. The molecule has 144 valence electrons. The summed E-state index contributed by atoms with van der Waals surface area (Å²) in [4.78, 5) is 25.6. The monoisotopic (exact) mass is 406 g/mol. The molecular weight excluding hydrogens is 392 g/mol. The first-order chi connectivity index (χ1) is 14.0. The highest BCUT2D eigenvalue weighted by Gasteiger charge is 2.20. The van der Waals surface area contributed by atoms with Crippen LogP contribution in [0.25, 0.3) is 21.7 Å². The van der Waals surface area contributed by atoms with Crippen LogP contribution in [0.3, 0.4) is 0 Å². The Morgan fingerprint density at radius 2 is 2.10 bits per heavy atom. The molecule has 0 saturated heterocycles. The van der Waals surface area contributed by atoms with Gasteiger partial charge in [-0.25, -0.2) is 19.1 Å². The predicted octanol–water partition coefficient (Wildman–Crippen LogP) is 3.44. The summed E-state index contributed by atoms with van der Waals surface area (Å²) in [5.74, 6) is 0.0700. The summed E-state index contributed by atoms with van der Waals surface area (Å²) in [5.41, 5.74) is 8.10. The third kappa shape index (κ3) is 3.37. The number of imidazole rings is 1. The number of aromatic nitrogens is 5. The zero-order valence-electron chi connectivity index (χ0n) is 15.2. The highest BCUT2D eigenvalue weighted by Crippen LogP contribution is 2.33. The largest absolute Gasteiger partial charge is 0.394 e. The normalized spacial score (nSPS) is 11.9. The number of hydrogen-bond donors (Lipinski definition) is 3. The molecule has 3 heterocycles. The van der Waals surface area contributed by atoms with Gasteiger partial charge in [0.25, 0.3) is 5.69 Å². The van der Waals surface area contributed by atoms with Crippen molar-refractivity contribution in [2.24, 2.45) is 0 Å². The van der Waals surface area contributed by atoms with Gasteiger partial charge in [0.15, 0.2) is 10.8 Å². The van der Waals surface area contributed by atoms with Gasteiger partial charge < -0.3 is 16.0 Å². The fourth-order valence-electron chi connectivity index (χ4n) is 3.03. The minimum absolute atomic E-state index is 0.0356. The van der Waals surface area contributed by atoms with Gasteiger partial charge in [-0.15, -0.1) is 0 Å². The first-order valence-corrected chi connectivity index (χ1v) is 8.99. The van der Waals surface area contributed by atoms with Crippen LogP contribution in [-0.4, -0.2) is 24.6 Å². The van der Waals surface area contributed by atoms with Gasteiger partial charge in [0.05, 0.1) is 24.5 Å². The highest BCUT2D eigenvalue weighted by atomic mass is 35.5. The Kier molecular flexibility index (Phi) is 4.62. The van der Waals surface area contributed by atoms with Crippen LogP contribution < -0.4 is 16.7 Å². The van der Waals surface area contributed by atoms with Gasteiger partial charge in [-0.2, -0.15) is 10.1 Å². The van der Waals surface area contributed by atoms with Crippen LogP contribution in [0.5, 0.6) is 0 Å². The summed E-state index contributed by atoms with van der Waals surface area (Å²) in [7, 11) is 0. The second-order valence-electron chi connectivity index (χ2n) is 6.30. The average molecular weight is 407 g/mol. The van der Waals surface area contributed by atoms with E-state index >= 15 is 0 Å². The number of anilines is 2. The Balaban J connectivity index is 1.85. The van der Waals surface area contributed by atoms with Crippen LogP contribution in [0, 0.1) is 6.57 Å². The number of aromatic amines is 1. The van der Waals surface area contributed by atoms with Crippen LogP contribution in [-0.2, 0) is 0 Å². The number of nitrogens with two attached hydrogens (primary N) is 1. The van der Waals surface area contributed by atoms with Gasteiger partial charge in [-0.05, 0) is 13.0 Å². The van der Waals surface area contributed by atoms with E-state index in [0.29, 0.717) is 16.5 Å². The van der Waals surface area contributed by atoms with Crippen LogP contribution in [0.2, 0.25) is 5.15 Å². The van der Waals surface area contributed by atoms with E-state index in [1.54, 1.807) is 4.52 Å². The topological polar surface area (TPSA) is 118 Å². The molecule has 9 nitrogen and oxygen atoms in total. The summed E-state index contributed by atoms with van der Waals surface area (Å²) in [5, 5.41) is 8.15. The maximum absolute atomic E-state index is 11.7. The molecule has 4 rings (SSSR count). The molecule has 0 unspecified atom stereocenters. The van der Waals surface area contributed by atoms with Crippen LogP contribution in [0.4, 0.5) is 17.3 Å².